The van der Waals surface area contributed by atoms with E-state index in [1.54, 1.807) is 24.4 Å². The fourth-order valence-corrected chi connectivity index (χ4v) is 6.16. The van der Waals surface area contributed by atoms with Gasteiger partial charge in [-0.15, -0.1) is 0 Å². The fourth-order valence-electron chi connectivity index (χ4n) is 6.16. The van der Waals surface area contributed by atoms with Crippen LogP contribution in [-0.4, -0.2) is 34.6 Å². The third-order valence-corrected chi connectivity index (χ3v) is 8.12. The number of anilines is 2. The van der Waals surface area contributed by atoms with Crippen LogP contribution in [0.15, 0.2) is 42.7 Å². The van der Waals surface area contributed by atoms with Crippen molar-refractivity contribution >= 4 is 33.2 Å². The molecule has 202 valence electrons. The van der Waals surface area contributed by atoms with Gasteiger partial charge in [-0.2, -0.15) is 0 Å². The summed E-state index contributed by atoms with van der Waals surface area (Å²) < 4.78 is 31.8. The van der Waals surface area contributed by atoms with Crippen LogP contribution in [-0.2, 0) is 12.8 Å². The average Bonchev–Trinajstić information content (AvgIpc) is 2.93. The molecular weight excluding hydrogens is 494 g/mol. The Bertz CT molecular complexity index is 1580. The van der Waals surface area contributed by atoms with E-state index in [-0.39, 0.29) is 17.0 Å². The Morgan fingerprint density at radius 3 is 2.85 bits per heavy atom. The average molecular weight is 529 g/mol. The van der Waals surface area contributed by atoms with E-state index < -0.39 is 5.82 Å². The summed E-state index contributed by atoms with van der Waals surface area (Å²) in [6.45, 7) is 8.74. The second-order valence-electron chi connectivity index (χ2n) is 10.8. The van der Waals surface area contributed by atoms with Crippen molar-refractivity contribution in [3.8, 4) is 11.3 Å². The first-order valence-electron chi connectivity index (χ1n) is 14.0. The van der Waals surface area contributed by atoms with Crippen LogP contribution in [0.4, 0.5) is 20.3 Å². The first-order chi connectivity index (χ1) is 18.9. The highest BCUT2D eigenvalue weighted by atomic mass is 19.1. The van der Waals surface area contributed by atoms with Gasteiger partial charge in [0, 0.05) is 49.2 Å². The Kier molecular flexibility index (Phi) is 6.79. The molecule has 8 heteroatoms. The van der Waals surface area contributed by atoms with Crippen LogP contribution in [0.3, 0.4) is 0 Å². The van der Waals surface area contributed by atoms with Gasteiger partial charge >= 0.3 is 0 Å². The van der Waals surface area contributed by atoms with Crippen molar-refractivity contribution in [2.24, 2.45) is 5.92 Å². The van der Waals surface area contributed by atoms with E-state index in [0.717, 1.165) is 62.2 Å². The number of hydrogen-bond acceptors (Lipinski definition) is 6. The van der Waals surface area contributed by atoms with Crippen LogP contribution in [0.2, 0.25) is 0 Å². The number of rotatable bonds is 1. The third-order valence-electron chi connectivity index (χ3n) is 8.12. The Hall–Kier alpha value is -3.81. The van der Waals surface area contributed by atoms with Crippen molar-refractivity contribution < 1.29 is 8.78 Å². The van der Waals surface area contributed by atoms with Gasteiger partial charge in [-0.05, 0) is 79.0 Å². The van der Waals surface area contributed by atoms with Crippen molar-refractivity contribution in [3.63, 3.8) is 0 Å². The van der Waals surface area contributed by atoms with E-state index in [0.29, 0.717) is 58.6 Å². The van der Waals surface area contributed by atoms with Crippen molar-refractivity contribution in [2.45, 2.75) is 51.9 Å². The third kappa shape index (κ3) is 4.77. The summed E-state index contributed by atoms with van der Waals surface area (Å²) in [5, 5.41) is 5.48. The predicted octanol–water partition coefficient (Wildman–Crippen LogP) is 6.31. The lowest BCUT2D eigenvalue weighted by atomic mass is 9.92. The summed E-state index contributed by atoms with van der Waals surface area (Å²) in [4.78, 5) is 16.4. The molecule has 0 saturated carbocycles. The molecule has 3 aliphatic heterocycles. The Morgan fingerprint density at radius 2 is 2.00 bits per heavy atom. The highest BCUT2D eigenvalue weighted by Crippen LogP contribution is 2.38. The van der Waals surface area contributed by atoms with Crippen LogP contribution in [0, 0.1) is 17.6 Å². The summed E-state index contributed by atoms with van der Waals surface area (Å²) in [6, 6.07) is 6.65. The van der Waals surface area contributed by atoms with Crippen molar-refractivity contribution in [2.75, 3.05) is 30.3 Å². The number of aromatic nitrogens is 3. The standard InChI is InChI=1S/C31H34F2N6/c1-3-26-37-30-24-16-36-29(28(30)33)23-15-21(34)14-20-9-10-25(32)22(27(20)23)8-4-6-18(2)35-12-11-19-7-5-13-39(17-19)31(24)38-26/h9-10,14-16,19,35H,2-8,11-13,17,34H2,1H3. The van der Waals surface area contributed by atoms with Gasteiger partial charge in [-0.3, -0.25) is 4.98 Å². The molecule has 0 spiro atoms. The van der Waals surface area contributed by atoms with E-state index in [9.17, 15) is 0 Å². The van der Waals surface area contributed by atoms with Gasteiger partial charge in [0.2, 0.25) is 0 Å². The number of allylic oxidation sites excluding steroid dienone is 1. The van der Waals surface area contributed by atoms with Gasteiger partial charge in [-0.1, -0.05) is 19.6 Å². The molecule has 1 saturated heterocycles. The quantitative estimate of drug-likeness (QED) is 0.282. The van der Waals surface area contributed by atoms with Gasteiger partial charge in [0.1, 0.15) is 28.7 Å². The van der Waals surface area contributed by atoms with E-state index in [1.807, 2.05) is 6.92 Å². The summed E-state index contributed by atoms with van der Waals surface area (Å²) in [6.07, 6.45) is 7.40. The number of pyridine rings is 1. The number of nitrogens with two attached hydrogens (primary N) is 1. The summed E-state index contributed by atoms with van der Waals surface area (Å²) in [5.74, 6) is 0.974. The zero-order valence-electron chi connectivity index (χ0n) is 22.4. The molecule has 2 aromatic heterocycles. The maximum atomic E-state index is 16.5. The predicted molar refractivity (Wildman–Crippen MR) is 154 cm³/mol. The first kappa shape index (κ1) is 25.5. The SMILES string of the molecule is C=C1CCCc2c(F)ccc3cc(N)cc(c23)-c2ncc3c(nc(CC)nc3c2F)N2CCCC(CCN1)C2. The Balaban J connectivity index is 1.61. The number of aryl methyl sites for hydroxylation is 2. The molecule has 5 heterocycles. The molecule has 1 atom stereocenters. The maximum Gasteiger partial charge on any atom is 0.175 e. The van der Waals surface area contributed by atoms with Crippen molar-refractivity contribution in [3.05, 3.63) is 65.8 Å². The van der Waals surface area contributed by atoms with Gasteiger partial charge in [0.05, 0.1) is 5.39 Å². The molecule has 3 aliphatic rings. The number of piperidine rings is 1. The molecule has 6 nitrogen and oxygen atoms in total. The molecule has 0 amide bonds. The highest BCUT2D eigenvalue weighted by molar-refractivity contribution is 6.02. The lowest BCUT2D eigenvalue weighted by Gasteiger charge is -2.34. The number of halogens is 2. The Morgan fingerprint density at radius 1 is 1.13 bits per heavy atom. The minimum atomic E-state index is -0.528. The molecule has 2 aromatic carbocycles. The maximum absolute atomic E-state index is 16.5. The second-order valence-corrected chi connectivity index (χ2v) is 10.8. The topological polar surface area (TPSA) is 80.0 Å². The van der Waals surface area contributed by atoms with Crippen LogP contribution >= 0.6 is 0 Å². The van der Waals surface area contributed by atoms with Gasteiger partial charge in [-0.25, -0.2) is 18.7 Å². The van der Waals surface area contributed by atoms with E-state index in [2.05, 4.69) is 26.8 Å². The largest absolute Gasteiger partial charge is 0.399 e. The van der Waals surface area contributed by atoms with Crippen LogP contribution in [0.5, 0.6) is 0 Å². The molecule has 0 radical (unpaired) electrons. The lowest BCUT2D eigenvalue weighted by Crippen LogP contribution is -2.37. The monoisotopic (exact) mass is 528 g/mol. The summed E-state index contributed by atoms with van der Waals surface area (Å²) in [7, 11) is 0. The van der Waals surface area contributed by atoms with Crippen molar-refractivity contribution in [1.82, 2.24) is 20.3 Å². The van der Waals surface area contributed by atoms with Crippen molar-refractivity contribution in [1.29, 1.82) is 0 Å². The molecule has 7 rings (SSSR count). The molecule has 0 aliphatic carbocycles. The minimum absolute atomic E-state index is 0.127. The number of nitrogens with zero attached hydrogens (tertiary/aromatic N) is 4. The van der Waals surface area contributed by atoms with E-state index >= 15 is 8.78 Å². The summed E-state index contributed by atoms with van der Waals surface area (Å²) in [5.41, 5.74) is 9.08. The molecule has 6 bridgehead atoms. The highest BCUT2D eigenvalue weighted by Gasteiger charge is 2.26. The van der Waals surface area contributed by atoms with Crippen LogP contribution in [0.25, 0.3) is 32.9 Å². The molecular formula is C31H34F2N6. The number of fused-ring (bicyclic) bond motifs is 7. The van der Waals surface area contributed by atoms with E-state index in [1.165, 1.54) is 6.07 Å². The number of hydrogen-bond donors (Lipinski definition) is 2. The number of benzene rings is 2. The molecule has 1 unspecified atom stereocenters. The second kappa shape index (κ2) is 10.4. The van der Waals surface area contributed by atoms with Gasteiger partial charge < -0.3 is 16.0 Å². The Labute approximate surface area is 227 Å². The van der Waals surface area contributed by atoms with Gasteiger partial charge in [0.25, 0.3) is 0 Å². The zero-order chi connectivity index (χ0) is 27.1. The van der Waals surface area contributed by atoms with Crippen LogP contribution < -0.4 is 16.0 Å². The first-order valence-corrected chi connectivity index (χ1v) is 14.0. The fraction of sp³-hybridized carbons (Fsp3) is 0.387. The molecule has 3 N–H and O–H groups in total. The normalized spacial score (nSPS) is 18.4. The molecule has 39 heavy (non-hydrogen) atoms. The minimum Gasteiger partial charge on any atom is -0.399 e. The number of nitrogen functional groups attached to an aromatic ring is 1. The van der Waals surface area contributed by atoms with Gasteiger partial charge in [0.15, 0.2) is 5.82 Å². The van der Waals surface area contributed by atoms with Crippen LogP contribution in [0.1, 0.15) is 50.4 Å². The lowest BCUT2D eigenvalue weighted by molar-refractivity contribution is 0.386. The molecule has 1 fully saturated rings. The van der Waals surface area contributed by atoms with E-state index in [4.69, 9.17) is 10.7 Å². The molecule has 4 aromatic rings. The number of nitrogens with one attached hydrogen (secondary N) is 1. The zero-order valence-corrected chi connectivity index (χ0v) is 22.4. The summed E-state index contributed by atoms with van der Waals surface area (Å²) >= 11 is 0. The smallest absolute Gasteiger partial charge is 0.175 e.